The SMILES string of the molecule is CCN(C(=O)[C@H]1CCCC[C@@H]1C(=O)O)C(Cc1ccccc1)C(=O)NO. The zero-order valence-electron chi connectivity index (χ0n) is 14.9. The van der Waals surface area contributed by atoms with Gasteiger partial charge in [0.15, 0.2) is 0 Å². The van der Waals surface area contributed by atoms with Gasteiger partial charge in [-0.15, -0.1) is 0 Å². The number of rotatable bonds is 7. The van der Waals surface area contributed by atoms with Gasteiger partial charge >= 0.3 is 5.97 Å². The summed E-state index contributed by atoms with van der Waals surface area (Å²) in [5.74, 6) is -3.33. The topological polar surface area (TPSA) is 107 Å². The molecule has 0 saturated heterocycles. The van der Waals surface area contributed by atoms with Crippen molar-refractivity contribution >= 4 is 17.8 Å². The Bertz CT molecular complexity index is 634. The van der Waals surface area contributed by atoms with Gasteiger partial charge in [-0.25, -0.2) is 5.48 Å². The molecule has 1 aromatic rings. The number of hydrogen-bond donors (Lipinski definition) is 3. The zero-order valence-corrected chi connectivity index (χ0v) is 14.9. The molecule has 0 aromatic heterocycles. The molecule has 7 heteroatoms. The molecule has 1 fully saturated rings. The second-order valence-corrected chi connectivity index (χ2v) is 6.64. The average Bonchev–Trinajstić information content (AvgIpc) is 2.67. The largest absolute Gasteiger partial charge is 0.481 e. The van der Waals surface area contributed by atoms with E-state index in [4.69, 9.17) is 5.21 Å². The van der Waals surface area contributed by atoms with Crippen molar-refractivity contribution in [3.8, 4) is 0 Å². The van der Waals surface area contributed by atoms with Gasteiger partial charge in [-0.3, -0.25) is 19.6 Å². The van der Waals surface area contributed by atoms with Crippen LogP contribution in [0.3, 0.4) is 0 Å². The van der Waals surface area contributed by atoms with Gasteiger partial charge in [0, 0.05) is 13.0 Å². The molecule has 1 aromatic carbocycles. The quantitative estimate of drug-likeness (QED) is 0.507. The van der Waals surface area contributed by atoms with Gasteiger partial charge in [-0.1, -0.05) is 43.2 Å². The highest BCUT2D eigenvalue weighted by atomic mass is 16.5. The van der Waals surface area contributed by atoms with E-state index in [-0.39, 0.29) is 18.9 Å². The highest BCUT2D eigenvalue weighted by Crippen LogP contribution is 2.32. The first-order valence-electron chi connectivity index (χ1n) is 9.00. The van der Waals surface area contributed by atoms with Crippen molar-refractivity contribution in [2.75, 3.05) is 6.54 Å². The molecule has 3 atom stereocenters. The number of amides is 2. The Hall–Kier alpha value is -2.41. The van der Waals surface area contributed by atoms with E-state index in [2.05, 4.69) is 0 Å². The maximum atomic E-state index is 13.1. The summed E-state index contributed by atoms with van der Waals surface area (Å²) in [6.45, 7) is 2.01. The van der Waals surface area contributed by atoms with Crippen LogP contribution in [0.25, 0.3) is 0 Å². The molecule has 26 heavy (non-hydrogen) atoms. The summed E-state index contributed by atoms with van der Waals surface area (Å²) < 4.78 is 0. The van der Waals surface area contributed by atoms with Crippen LogP contribution in [0, 0.1) is 11.8 Å². The Balaban J connectivity index is 2.26. The maximum absolute atomic E-state index is 13.1. The van der Waals surface area contributed by atoms with Gasteiger partial charge in [-0.05, 0) is 25.3 Å². The van der Waals surface area contributed by atoms with Gasteiger partial charge in [0.25, 0.3) is 5.91 Å². The Morgan fingerprint density at radius 3 is 2.31 bits per heavy atom. The second kappa shape index (κ2) is 9.33. The van der Waals surface area contributed by atoms with Crippen molar-refractivity contribution in [2.24, 2.45) is 11.8 Å². The minimum atomic E-state index is -0.967. The molecule has 1 unspecified atom stereocenters. The van der Waals surface area contributed by atoms with E-state index in [0.717, 1.165) is 18.4 Å². The molecule has 0 heterocycles. The first kappa shape index (κ1) is 19.9. The fourth-order valence-corrected chi connectivity index (χ4v) is 3.72. The Morgan fingerprint density at radius 2 is 1.77 bits per heavy atom. The smallest absolute Gasteiger partial charge is 0.307 e. The fourth-order valence-electron chi connectivity index (χ4n) is 3.72. The van der Waals surface area contributed by atoms with Crippen molar-refractivity contribution in [1.82, 2.24) is 10.4 Å². The predicted molar refractivity (Wildman–Crippen MR) is 94.3 cm³/mol. The minimum Gasteiger partial charge on any atom is -0.481 e. The molecule has 7 nitrogen and oxygen atoms in total. The Labute approximate surface area is 153 Å². The lowest BCUT2D eigenvalue weighted by molar-refractivity contribution is -0.155. The van der Waals surface area contributed by atoms with Crippen molar-refractivity contribution in [1.29, 1.82) is 0 Å². The number of carboxylic acid groups (broad SMARTS) is 1. The summed E-state index contributed by atoms with van der Waals surface area (Å²) >= 11 is 0. The molecule has 1 saturated carbocycles. The number of aliphatic carboxylic acids is 1. The molecule has 3 N–H and O–H groups in total. The van der Waals surface area contributed by atoms with Gasteiger partial charge < -0.3 is 10.0 Å². The van der Waals surface area contributed by atoms with Crippen LogP contribution >= 0.6 is 0 Å². The van der Waals surface area contributed by atoms with E-state index in [1.54, 1.807) is 12.4 Å². The van der Waals surface area contributed by atoms with Crippen molar-refractivity contribution in [2.45, 2.75) is 45.1 Å². The van der Waals surface area contributed by atoms with Gasteiger partial charge in [0.1, 0.15) is 6.04 Å². The summed E-state index contributed by atoms with van der Waals surface area (Å²) in [7, 11) is 0. The maximum Gasteiger partial charge on any atom is 0.307 e. The number of carbonyl (C=O) groups excluding carboxylic acids is 2. The lowest BCUT2D eigenvalue weighted by Crippen LogP contribution is -2.53. The monoisotopic (exact) mass is 362 g/mol. The number of carboxylic acids is 1. The average molecular weight is 362 g/mol. The van der Waals surface area contributed by atoms with Crippen LogP contribution in [0.1, 0.15) is 38.2 Å². The van der Waals surface area contributed by atoms with Crippen LogP contribution in [0.5, 0.6) is 0 Å². The normalized spacial score (nSPS) is 20.8. The van der Waals surface area contributed by atoms with Gasteiger partial charge in [0.05, 0.1) is 11.8 Å². The number of nitrogens with one attached hydrogen (secondary N) is 1. The summed E-state index contributed by atoms with van der Waals surface area (Å²) in [5, 5.41) is 18.6. The molecule has 0 radical (unpaired) electrons. The Kier molecular flexibility index (Phi) is 7.15. The number of likely N-dealkylation sites (N-methyl/N-ethyl adjacent to an activating group) is 1. The van der Waals surface area contributed by atoms with Crippen LogP contribution in [-0.2, 0) is 20.8 Å². The first-order valence-corrected chi connectivity index (χ1v) is 9.00. The highest BCUT2D eigenvalue weighted by molar-refractivity contribution is 5.90. The predicted octanol–water partition coefficient (Wildman–Crippen LogP) is 1.84. The van der Waals surface area contributed by atoms with E-state index in [0.29, 0.717) is 12.8 Å². The van der Waals surface area contributed by atoms with Crippen LogP contribution in [0.2, 0.25) is 0 Å². The standard InChI is InChI=1S/C19H26N2O5/c1-2-21(18(23)14-10-6-7-11-15(14)19(24)25)16(17(22)20-26)12-13-8-4-3-5-9-13/h3-5,8-9,14-16,26H,2,6-7,10-12H2,1H3,(H,20,22)(H,24,25)/t14-,15-,16?/m0/s1. The second-order valence-electron chi connectivity index (χ2n) is 6.64. The summed E-state index contributed by atoms with van der Waals surface area (Å²) in [6.07, 6.45) is 2.81. The minimum absolute atomic E-state index is 0.247. The van der Waals surface area contributed by atoms with Gasteiger partial charge in [0.2, 0.25) is 5.91 Å². The molecule has 1 aliphatic carbocycles. The molecular weight excluding hydrogens is 336 g/mol. The zero-order chi connectivity index (χ0) is 19.1. The molecule has 142 valence electrons. The first-order chi connectivity index (χ1) is 12.5. The molecular formula is C19H26N2O5. The third-order valence-electron chi connectivity index (χ3n) is 5.09. The van der Waals surface area contributed by atoms with Crippen molar-refractivity contribution < 1.29 is 24.7 Å². The van der Waals surface area contributed by atoms with E-state index in [1.165, 1.54) is 4.90 Å². The number of benzene rings is 1. The molecule has 0 aliphatic heterocycles. The van der Waals surface area contributed by atoms with Crippen LogP contribution in [-0.4, -0.2) is 45.6 Å². The van der Waals surface area contributed by atoms with E-state index in [9.17, 15) is 19.5 Å². The third-order valence-corrected chi connectivity index (χ3v) is 5.09. The van der Waals surface area contributed by atoms with Crippen LogP contribution < -0.4 is 5.48 Å². The highest BCUT2D eigenvalue weighted by Gasteiger charge is 2.40. The Morgan fingerprint density at radius 1 is 1.15 bits per heavy atom. The van der Waals surface area contributed by atoms with Crippen molar-refractivity contribution in [3.05, 3.63) is 35.9 Å². The number of nitrogens with zero attached hydrogens (tertiary/aromatic N) is 1. The van der Waals surface area contributed by atoms with E-state index in [1.807, 2.05) is 30.3 Å². The lowest BCUT2D eigenvalue weighted by atomic mass is 9.78. The molecule has 1 aliphatic rings. The number of hydroxylamine groups is 1. The van der Waals surface area contributed by atoms with E-state index < -0.39 is 29.8 Å². The van der Waals surface area contributed by atoms with E-state index >= 15 is 0 Å². The molecule has 2 rings (SSSR count). The molecule has 0 bridgehead atoms. The van der Waals surface area contributed by atoms with Gasteiger partial charge in [-0.2, -0.15) is 0 Å². The fraction of sp³-hybridized carbons (Fsp3) is 0.526. The number of carbonyl (C=O) groups is 3. The molecule has 2 amide bonds. The van der Waals surface area contributed by atoms with Crippen LogP contribution in [0.15, 0.2) is 30.3 Å². The molecule has 0 spiro atoms. The lowest BCUT2D eigenvalue weighted by Gasteiger charge is -2.36. The summed E-state index contributed by atoms with van der Waals surface area (Å²) in [5.41, 5.74) is 2.50. The number of hydrogen-bond acceptors (Lipinski definition) is 4. The summed E-state index contributed by atoms with van der Waals surface area (Å²) in [4.78, 5) is 38.3. The third kappa shape index (κ3) is 4.60. The van der Waals surface area contributed by atoms with Crippen molar-refractivity contribution in [3.63, 3.8) is 0 Å². The van der Waals surface area contributed by atoms with Crippen LogP contribution in [0.4, 0.5) is 0 Å². The summed E-state index contributed by atoms with van der Waals surface area (Å²) in [6, 6.07) is 8.32.